The predicted octanol–water partition coefficient (Wildman–Crippen LogP) is 2.47. The van der Waals surface area contributed by atoms with Gasteiger partial charge in [-0.2, -0.15) is 0 Å². The number of benzene rings is 1. The summed E-state index contributed by atoms with van der Waals surface area (Å²) in [5.74, 6) is 0. The average molecular weight is 257 g/mol. The van der Waals surface area contributed by atoms with Gasteiger partial charge in [0.25, 0.3) is 0 Å². The van der Waals surface area contributed by atoms with Gasteiger partial charge in [0.2, 0.25) is 0 Å². The Morgan fingerprint density at radius 3 is 2.75 bits per heavy atom. The Bertz CT molecular complexity index is 351. The van der Waals surface area contributed by atoms with E-state index in [1.165, 1.54) is 10.5 Å². The molecule has 1 aromatic carbocycles. The van der Waals surface area contributed by atoms with Crippen LogP contribution in [0.25, 0.3) is 0 Å². The molecule has 1 aliphatic heterocycles. The molecule has 2 rings (SSSR count). The summed E-state index contributed by atoms with van der Waals surface area (Å²) >= 11 is 7.85. The molecule has 1 aromatic rings. The zero-order chi connectivity index (χ0) is 11.4. The normalized spacial score (nSPS) is 17.6. The second-order valence-corrected chi connectivity index (χ2v) is 5.34. The average Bonchev–Trinajstić information content (AvgIpc) is 2.29. The van der Waals surface area contributed by atoms with Gasteiger partial charge in [-0.3, -0.25) is 4.90 Å². The highest BCUT2D eigenvalue weighted by molar-refractivity contribution is 7.98. The van der Waals surface area contributed by atoms with E-state index >= 15 is 0 Å². The molecule has 0 atom stereocenters. The Balaban J connectivity index is 2.04. The van der Waals surface area contributed by atoms with Crippen molar-refractivity contribution in [1.82, 2.24) is 10.2 Å². The number of nitrogens with zero attached hydrogens (tertiary/aromatic N) is 1. The summed E-state index contributed by atoms with van der Waals surface area (Å²) in [4.78, 5) is 3.71. The number of piperazine rings is 1. The lowest BCUT2D eigenvalue weighted by Crippen LogP contribution is -2.42. The summed E-state index contributed by atoms with van der Waals surface area (Å²) in [7, 11) is 0. The van der Waals surface area contributed by atoms with Gasteiger partial charge in [0, 0.05) is 42.6 Å². The third-order valence-corrected chi connectivity index (χ3v) is 3.71. The van der Waals surface area contributed by atoms with Crippen molar-refractivity contribution in [3.63, 3.8) is 0 Å². The Morgan fingerprint density at radius 1 is 1.31 bits per heavy atom. The Labute approximate surface area is 106 Å². The topological polar surface area (TPSA) is 15.3 Å². The van der Waals surface area contributed by atoms with Gasteiger partial charge in [-0.1, -0.05) is 11.6 Å². The van der Waals surface area contributed by atoms with Gasteiger partial charge in [0.15, 0.2) is 0 Å². The minimum Gasteiger partial charge on any atom is -0.314 e. The van der Waals surface area contributed by atoms with Gasteiger partial charge < -0.3 is 5.32 Å². The first-order chi connectivity index (χ1) is 7.78. The van der Waals surface area contributed by atoms with E-state index in [1.807, 2.05) is 6.07 Å². The number of hydrogen-bond donors (Lipinski definition) is 1. The lowest BCUT2D eigenvalue weighted by Gasteiger charge is -2.27. The molecule has 0 aromatic heterocycles. The number of thioether (sulfide) groups is 1. The Kier molecular flexibility index (Phi) is 4.53. The van der Waals surface area contributed by atoms with E-state index < -0.39 is 0 Å². The summed E-state index contributed by atoms with van der Waals surface area (Å²) in [5.41, 5.74) is 1.32. The third-order valence-electron chi connectivity index (χ3n) is 2.78. The molecule has 1 heterocycles. The van der Waals surface area contributed by atoms with Crippen LogP contribution in [-0.2, 0) is 6.54 Å². The molecule has 1 saturated heterocycles. The second-order valence-electron chi connectivity index (χ2n) is 4.03. The Morgan fingerprint density at radius 2 is 2.06 bits per heavy atom. The summed E-state index contributed by atoms with van der Waals surface area (Å²) in [6.07, 6.45) is 2.08. The lowest BCUT2D eigenvalue weighted by molar-refractivity contribution is 0.233. The monoisotopic (exact) mass is 256 g/mol. The predicted molar refractivity (Wildman–Crippen MR) is 71.4 cm³/mol. The fraction of sp³-hybridized carbons (Fsp3) is 0.500. The quantitative estimate of drug-likeness (QED) is 0.837. The van der Waals surface area contributed by atoms with E-state index in [4.69, 9.17) is 11.6 Å². The van der Waals surface area contributed by atoms with Crippen molar-refractivity contribution in [2.24, 2.45) is 0 Å². The molecule has 16 heavy (non-hydrogen) atoms. The van der Waals surface area contributed by atoms with Crippen LogP contribution in [-0.4, -0.2) is 37.3 Å². The first-order valence-corrected chi connectivity index (χ1v) is 7.15. The summed E-state index contributed by atoms with van der Waals surface area (Å²) in [5, 5.41) is 4.21. The van der Waals surface area contributed by atoms with E-state index in [2.05, 4.69) is 28.6 Å². The molecule has 1 N–H and O–H groups in total. The minimum absolute atomic E-state index is 0.844. The van der Waals surface area contributed by atoms with E-state index in [1.54, 1.807) is 11.8 Å². The zero-order valence-electron chi connectivity index (χ0n) is 9.50. The lowest BCUT2D eigenvalue weighted by atomic mass is 10.2. The molecule has 1 fully saturated rings. The Hall–Kier alpha value is -0.220. The smallest absolute Gasteiger partial charge is 0.0420 e. The molecular weight excluding hydrogens is 240 g/mol. The molecule has 0 radical (unpaired) electrons. The van der Waals surface area contributed by atoms with Gasteiger partial charge in [0.05, 0.1) is 0 Å². The summed E-state index contributed by atoms with van der Waals surface area (Å²) < 4.78 is 0. The van der Waals surface area contributed by atoms with Gasteiger partial charge >= 0.3 is 0 Å². The van der Waals surface area contributed by atoms with Crippen LogP contribution in [0, 0.1) is 0 Å². The van der Waals surface area contributed by atoms with E-state index in [0.717, 1.165) is 37.7 Å². The zero-order valence-corrected chi connectivity index (χ0v) is 11.1. The highest BCUT2D eigenvalue weighted by Crippen LogP contribution is 2.23. The first kappa shape index (κ1) is 12.2. The van der Waals surface area contributed by atoms with E-state index in [9.17, 15) is 0 Å². The van der Waals surface area contributed by atoms with Crippen molar-refractivity contribution in [1.29, 1.82) is 0 Å². The number of rotatable bonds is 3. The molecule has 0 unspecified atom stereocenters. The number of hydrogen-bond acceptors (Lipinski definition) is 3. The van der Waals surface area contributed by atoms with Gasteiger partial charge in [-0.15, -0.1) is 11.8 Å². The van der Waals surface area contributed by atoms with Crippen molar-refractivity contribution >= 4 is 23.4 Å². The van der Waals surface area contributed by atoms with E-state index in [-0.39, 0.29) is 0 Å². The molecule has 0 amide bonds. The summed E-state index contributed by atoms with van der Waals surface area (Å²) in [6, 6.07) is 6.33. The van der Waals surface area contributed by atoms with E-state index in [0.29, 0.717) is 0 Å². The molecule has 88 valence electrons. The number of nitrogens with one attached hydrogen (secondary N) is 1. The van der Waals surface area contributed by atoms with Crippen LogP contribution in [0.4, 0.5) is 0 Å². The summed E-state index contributed by atoms with van der Waals surface area (Å²) in [6.45, 7) is 5.45. The molecule has 4 heteroatoms. The molecule has 0 aliphatic carbocycles. The largest absolute Gasteiger partial charge is 0.314 e. The SMILES string of the molecule is CSc1cc(Cl)cc(CN2CCNCC2)c1. The van der Waals surface area contributed by atoms with Crippen molar-refractivity contribution in [3.05, 3.63) is 28.8 Å². The van der Waals surface area contributed by atoms with Crippen LogP contribution < -0.4 is 5.32 Å². The van der Waals surface area contributed by atoms with Gasteiger partial charge in [-0.25, -0.2) is 0 Å². The second kappa shape index (κ2) is 5.92. The van der Waals surface area contributed by atoms with Gasteiger partial charge in [0.1, 0.15) is 0 Å². The van der Waals surface area contributed by atoms with Crippen LogP contribution in [0.15, 0.2) is 23.1 Å². The molecule has 1 aliphatic rings. The van der Waals surface area contributed by atoms with Crippen LogP contribution >= 0.6 is 23.4 Å². The highest BCUT2D eigenvalue weighted by atomic mass is 35.5. The molecular formula is C12H17ClN2S. The fourth-order valence-electron chi connectivity index (χ4n) is 1.96. The van der Waals surface area contributed by atoms with Crippen molar-refractivity contribution in [2.75, 3.05) is 32.4 Å². The third kappa shape index (κ3) is 3.39. The van der Waals surface area contributed by atoms with Crippen molar-refractivity contribution < 1.29 is 0 Å². The fourth-order valence-corrected chi connectivity index (χ4v) is 2.79. The minimum atomic E-state index is 0.844. The highest BCUT2D eigenvalue weighted by Gasteiger charge is 2.10. The van der Waals surface area contributed by atoms with Crippen LogP contribution in [0.3, 0.4) is 0 Å². The molecule has 2 nitrogen and oxygen atoms in total. The molecule has 0 spiro atoms. The van der Waals surface area contributed by atoms with Crippen LogP contribution in [0.1, 0.15) is 5.56 Å². The maximum absolute atomic E-state index is 6.10. The maximum atomic E-state index is 6.10. The standard InChI is InChI=1S/C12H17ClN2S/c1-16-12-7-10(6-11(13)8-12)9-15-4-2-14-3-5-15/h6-8,14H,2-5,9H2,1H3. The van der Waals surface area contributed by atoms with Crippen molar-refractivity contribution in [3.8, 4) is 0 Å². The first-order valence-electron chi connectivity index (χ1n) is 5.54. The van der Waals surface area contributed by atoms with Crippen molar-refractivity contribution in [2.45, 2.75) is 11.4 Å². The molecule has 0 bridgehead atoms. The maximum Gasteiger partial charge on any atom is 0.0420 e. The number of halogens is 1. The molecule has 0 saturated carbocycles. The van der Waals surface area contributed by atoms with Crippen LogP contribution in [0.2, 0.25) is 5.02 Å². The van der Waals surface area contributed by atoms with Gasteiger partial charge in [-0.05, 0) is 30.0 Å². The van der Waals surface area contributed by atoms with Crippen LogP contribution in [0.5, 0.6) is 0 Å².